The van der Waals surface area contributed by atoms with Gasteiger partial charge in [-0.1, -0.05) is 30.7 Å². The Bertz CT molecular complexity index is 378. The van der Waals surface area contributed by atoms with E-state index in [1.165, 1.54) is 0 Å². The molecule has 18 heavy (non-hydrogen) atoms. The maximum atomic E-state index is 6.21. The van der Waals surface area contributed by atoms with Crippen LogP contribution in [0, 0.1) is 5.92 Å². The Morgan fingerprint density at radius 3 is 3.11 bits per heavy atom. The number of rotatable bonds is 6. The highest BCUT2D eigenvalue weighted by Gasteiger charge is 2.17. The van der Waals surface area contributed by atoms with Gasteiger partial charge in [0.25, 0.3) is 0 Å². The van der Waals surface area contributed by atoms with Crippen LogP contribution in [0.25, 0.3) is 0 Å². The van der Waals surface area contributed by atoms with Gasteiger partial charge in [-0.3, -0.25) is 0 Å². The van der Waals surface area contributed by atoms with Crippen LogP contribution in [0.1, 0.15) is 18.9 Å². The summed E-state index contributed by atoms with van der Waals surface area (Å²) in [5.74, 6) is 1.31. The van der Waals surface area contributed by atoms with E-state index in [4.69, 9.17) is 21.1 Å². The second kappa shape index (κ2) is 6.98. The molecule has 3 nitrogen and oxygen atoms in total. The summed E-state index contributed by atoms with van der Waals surface area (Å²) in [7, 11) is 0. The van der Waals surface area contributed by atoms with Gasteiger partial charge in [0, 0.05) is 24.6 Å². The van der Waals surface area contributed by atoms with E-state index in [-0.39, 0.29) is 0 Å². The van der Waals surface area contributed by atoms with E-state index in [9.17, 15) is 0 Å². The maximum absolute atomic E-state index is 6.21. The van der Waals surface area contributed by atoms with Crippen molar-refractivity contribution in [3.05, 3.63) is 28.8 Å². The fraction of sp³-hybridized carbons (Fsp3) is 0.571. The van der Waals surface area contributed by atoms with Gasteiger partial charge in [-0.05, 0) is 19.0 Å². The normalized spacial score (nSPS) is 19.1. The van der Waals surface area contributed by atoms with Crippen molar-refractivity contribution in [3.8, 4) is 5.75 Å². The molecule has 1 aromatic carbocycles. The van der Waals surface area contributed by atoms with E-state index < -0.39 is 0 Å². The largest absolute Gasteiger partial charge is 0.491 e. The minimum Gasteiger partial charge on any atom is -0.491 e. The van der Waals surface area contributed by atoms with Crippen LogP contribution in [-0.2, 0) is 11.3 Å². The molecule has 100 valence electrons. The summed E-state index contributed by atoms with van der Waals surface area (Å²) in [4.78, 5) is 0. The third kappa shape index (κ3) is 3.61. The summed E-state index contributed by atoms with van der Waals surface area (Å²) in [5, 5.41) is 3.98. The van der Waals surface area contributed by atoms with Crippen LogP contribution in [0.2, 0.25) is 5.02 Å². The second-order valence-corrected chi connectivity index (χ2v) is 4.96. The van der Waals surface area contributed by atoms with E-state index in [2.05, 4.69) is 18.3 Å². The predicted molar refractivity (Wildman–Crippen MR) is 73.3 cm³/mol. The Morgan fingerprint density at radius 2 is 2.39 bits per heavy atom. The van der Waals surface area contributed by atoms with Crippen molar-refractivity contribution < 1.29 is 9.47 Å². The number of nitrogens with one attached hydrogen (secondary N) is 1. The van der Waals surface area contributed by atoms with Crippen molar-refractivity contribution in [2.45, 2.75) is 19.9 Å². The van der Waals surface area contributed by atoms with E-state index >= 15 is 0 Å². The molecule has 0 spiro atoms. The van der Waals surface area contributed by atoms with E-state index in [0.29, 0.717) is 17.5 Å². The van der Waals surface area contributed by atoms with Crippen molar-refractivity contribution in [1.82, 2.24) is 5.32 Å². The van der Waals surface area contributed by atoms with Gasteiger partial charge in [-0.15, -0.1) is 0 Å². The van der Waals surface area contributed by atoms with Crippen LogP contribution in [0.5, 0.6) is 5.75 Å². The number of benzene rings is 1. The zero-order valence-electron chi connectivity index (χ0n) is 10.7. The first kappa shape index (κ1) is 13.7. The Labute approximate surface area is 113 Å². The highest BCUT2D eigenvalue weighted by molar-refractivity contribution is 6.32. The molecule has 0 aromatic heterocycles. The third-order valence-electron chi connectivity index (χ3n) is 3.10. The van der Waals surface area contributed by atoms with Gasteiger partial charge in [-0.25, -0.2) is 0 Å². The lowest BCUT2D eigenvalue weighted by molar-refractivity contribution is 0.166. The molecule has 1 fully saturated rings. The molecular weight excluding hydrogens is 250 g/mol. The van der Waals surface area contributed by atoms with Crippen LogP contribution >= 0.6 is 11.6 Å². The van der Waals surface area contributed by atoms with E-state index in [0.717, 1.165) is 44.0 Å². The standard InChI is InChI=1S/C14H20ClNO2/c1-2-16-8-12-4-3-5-13(15)14(12)18-10-11-6-7-17-9-11/h3-5,11,16H,2,6-10H2,1H3. The number of ether oxygens (including phenoxy) is 2. The lowest BCUT2D eigenvalue weighted by Gasteiger charge is -2.15. The molecule has 1 heterocycles. The first-order valence-corrected chi connectivity index (χ1v) is 6.87. The highest BCUT2D eigenvalue weighted by atomic mass is 35.5. The van der Waals surface area contributed by atoms with Crippen molar-refractivity contribution in [1.29, 1.82) is 0 Å². The van der Waals surface area contributed by atoms with Crippen molar-refractivity contribution in [2.75, 3.05) is 26.4 Å². The predicted octanol–water partition coefficient (Wildman–Crippen LogP) is 2.86. The zero-order valence-corrected chi connectivity index (χ0v) is 11.5. The molecule has 0 amide bonds. The summed E-state index contributed by atoms with van der Waals surface area (Å²) in [6.45, 7) is 6.13. The minimum absolute atomic E-state index is 0.494. The molecular formula is C14H20ClNO2. The van der Waals surface area contributed by atoms with Gasteiger partial charge in [0.1, 0.15) is 5.75 Å². The van der Waals surface area contributed by atoms with Gasteiger partial charge in [0.2, 0.25) is 0 Å². The summed E-state index contributed by atoms with van der Waals surface area (Å²) in [6.07, 6.45) is 1.08. The molecule has 1 aromatic rings. The average molecular weight is 270 g/mol. The summed E-state index contributed by atoms with van der Waals surface area (Å²) < 4.78 is 11.2. The summed E-state index contributed by atoms with van der Waals surface area (Å²) in [6, 6.07) is 5.88. The molecule has 1 N–H and O–H groups in total. The van der Waals surface area contributed by atoms with Crippen LogP contribution < -0.4 is 10.1 Å². The lowest BCUT2D eigenvalue weighted by atomic mass is 10.1. The van der Waals surface area contributed by atoms with Crippen molar-refractivity contribution >= 4 is 11.6 Å². The molecule has 1 aliphatic heterocycles. The average Bonchev–Trinajstić information content (AvgIpc) is 2.88. The molecule has 2 rings (SSSR count). The Morgan fingerprint density at radius 1 is 1.50 bits per heavy atom. The highest BCUT2D eigenvalue weighted by Crippen LogP contribution is 2.29. The molecule has 0 bridgehead atoms. The maximum Gasteiger partial charge on any atom is 0.142 e. The van der Waals surface area contributed by atoms with Gasteiger partial charge in [0.15, 0.2) is 0 Å². The van der Waals surface area contributed by atoms with Crippen LogP contribution in [-0.4, -0.2) is 26.4 Å². The topological polar surface area (TPSA) is 30.5 Å². The second-order valence-electron chi connectivity index (χ2n) is 4.55. The van der Waals surface area contributed by atoms with Gasteiger partial charge < -0.3 is 14.8 Å². The SMILES string of the molecule is CCNCc1cccc(Cl)c1OCC1CCOC1. The molecule has 0 radical (unpaired) electrons. The van der Waals surface area contributed by atoms with Gasteiger partial charge in [0.05, 0.1) is 18.2 Å². The minimum atomic E-state index is 0.494. The Balaban J connectivity index is 1.99. The van der Waals surface area contributed by atoms with E-state index in [1.807, 2.05) is 12.1 Å². The molecule has 1 atom stereocenters. The zero-order chi connectivity index (χ0) is 12.8. The first-order valence-electron chi connectivity index (χ1n) is 6.50. The van der Waals surface area contributed by atoms with E-state index in [1.54, 1.807) is 0 Å². The van der Waals surface area contributed by atoms with Crippen molar-refractivity contribution in [2.24, 2.45) is 5.92 Å². The van der Waals surface area contributed by atoms with Gasteiger partial charge >= 0.3 is 0 Å². The molecule has 0 saturated carbocycles. The molecule has 4 heteroatoms. The molecule has 1 unspecified atom stereocenters. The molecule has 1 aliphatic rings. The third-order valence-corrected chi connectivity index (χ3v) is 3.40. The Kier molecular flexibility index (Phi) is 5.29. The first-order chi connectivity index (χ1) is 8.81. The number of halogens is 1. The number of para-hydroxylation sites is 1. The fourth-order valence-electron chi connectivity index (χ4n) is 2.03. The van der Waals surface area contributed by atoms with Crippen molar-refractivity contribution in [3.63, 3.8) is 0 Å². The van der Waals surface area contributed by atoms with Crippen LogP contribution in [0.3, 0.4) is 0 Å². The van der Waals surface area contributed by atoms with Gasteiger partial charge in [-0.2, -0.15) is 0 Å². The number of hydrogen-bond acceptors (Lipinski definition) is 3. The van der Waals surface area contributed by atoms with Crippen LogP contribution in [0.4, 0.5) is 0 Å². The quantitative estimate of drug-likeness (QED) is 0.861. The smallest absolute Gasteiger partial charge is 0.142 e. The van der Waals surface area contributed by atoms with Crippen LogP contribution in [0.15, 0.2) is 18.2 Å². The summed E-state index contributed by atoms with van der Waals surface area (Å²) in [5.41, 5.74) is 1.11. The monoisotopic (exact) mass is 269 g/mol. The lowest BCUT2D eigenvalue weighted by Crippen LogP contribution is -2.16. The molecule has 1 saturated heterocycles. The summed E-state index contributed by atoms with van der Waals surface area (Å²) >= 11 is 6.21. The molecule has 0 aliphatic carbocycles. The fourth-order valence-corrected chi connectivity index (χ4v) is 2.28. The Hall–Kier alpha value is -0.770. The number of hydrogen-bond donors (Lipinski definition) is 1.